The molecule has 0 atom stereocenters. The van der Waals surface area contributed by atoms with Gasteiger partial charge < -0.3 is 19.5 Å². The number of hydrogen-bond donors (Lipinski definition) is 1. The van der Waals surface area contributed by atoms with E-state index in [-0.39, 0.29) is 11.5 Å². The number of methoxy groups -OCH3 is 1. The molecule has 128 valence electrons. The van der Waals surface area contributed by atoms with Gasteiger partial charge in [-0.1, -0.05) is 0 Å². The molecule has 0 unspecified atom stereocenters. The maximum absolute atomic E-state index is 13.0. The molecule has 7 nitrogen and oxygen atoms in total. The molecule has 0 saturated heterocycles. The Balaban J connectivity index is 2.02. The number of nitrogens with zero attached hydrogens (tertiary/aromatic N) is 3. The molecule has 1 N–H and O–H groups in total. The van der Waals surface area contributed by atoms with Gasteiger partial charge >= 0.3 is 0 Å². The number of carbonyl (C=O) groups is 1. The van der Waals surface area contributed by atoms with Crippen molar-refractivity contribution in [3.05, 3.63) is 44.3 Å². The lowest BCUT2D eigenvalue weighted by Crippen LogP contribution is -2.32. The van der Waals surface area contributed by atoms with E-state index >= 15 is 0 Å². The van der Waals surface area contributed by atoms with E-state index < -0.39 is 0 Å². The van der Waals surface area contributed by atoms with Crippen molar-refractivity contribution in [1.29, 1.82) is 0 Å². The minimum atomic E-state index is -0.160. The second kappa shape index (κ2) is 7.14. The molecule has 8 heteroatoms. The third kappa shape index (κ3) is 3.20. The van der Waals surface area contributed by atoms with Crippen LogP contribution in [-0.4, -0.2) is 47.6 Å². The number of ether oxygens (including phenoxy) is 1. The topological polar surface area (TPSA) is 76.5 Å². The molecule has 3 rings (SSSR count). The summed E-state index contributed by atoms with van der Waals surface area (Å²) in [6.07, 6.45) is 2.33. The highest BCUT2D eigenvalue weighted by molar-refractivity contribution is 7.09. The minimum Gasteiger partial charge on any atom is -0.496 e. The summed E-state index contributed by atoms with van der Waals surface area (Å²) in [5.41, 5.74) is 1.07. The van der Waals surface area contributed by atoms with Crippen LogP contribution in [0.2, 0.25) is 0 Å². The monoisotopic (exact) mass is 348 g/mol. The number of amides is 1. The number of thiazole rings is 1. The van der Waals surface area contributed by atoms with E-state index in [4.69, 9.17) is 4.74 Å². The Morgan fingerprint density at radius 3 is 3.04 bits per heavy atom. The zero-order valence-corrected chi connectivity index (χ0v) is 14.6. The van der Waals surface area contributed by atoms with Crippen LogP contribution >= 0.6 is 11.3 Å². The van der Waals surface area contributed by atoms with Gasteiger partial charge in [0, 0.05) is 56.4 Å². The first kappa shape index (κ1) is 16.7. The van der Waals surface area contributed by atoms with Gasteiger partial charge in [0.1, 0.15) is 16.3 Å². The first-order chi connectivity index (χ1) is 11.6. The summed E-state index contributed by atoms with van der Waals surface area (Å²) in [7, 11) is 3.22. The SMILES string of the molecule is COc1cc(=O)n2c(c1C(=O)N(C)Cc1nccs1)CCNCC2. The van der Waals surface area contributed by atoms with Gasteiger partial charge in [-0.2, -0.15) is 0 Å². The van der Waals surface area contributed by atoms with Crippen LogP contribution in [0.3, 0.4) is 0 Å². The molecule has 0 radical (unpaired) electrons. The number of aromatic nitrogens is 2. The number of rotatable bonds is 4. The molecule has 0 spiro atoms. The van der Waals surface area contributed by atoms with Gasteiger partial charge in [0.2, 0.25) is 0 Å². The van der Waals surface area contributed by atoms with Gasteiger partial charge in [0.15, 0.2) is 0 Å². The van der Waals surface area contributed by atoms with Crippen molar-refractivity contribution in [3.63, 3.8) is 0 Å². The summed E-state index contributed by atoms with van der Waals surface area (Å²) in [5.74, 6) is 0.178. The first-order valence-corrected chi connectivity index (χ1v) is 8.65. The number of pyridine rings is 1. The van der Waals surface area contributed by atoms with Crippen LogP contribution in [0.15, 0.2) is 22.4 Å². The van der Waals surface area contributed by atoms with Gasteiger partial charge in [0.25, 0.3) is 11.5 Å². The van der Waals surface area contributed by atoms with Crippen LogP contribution in [0, 0.1) is 0 Å². The second-order valence-electron chi connectivity index (χ2n) is 5.61. The third-order valence-corrected chi connectivity index (χ3v) is 4.83. The van der Waals surface area contributed by atoms with Gasteiger partial charge in [-0.25, -0.2) is 4.98 Å². The van der Waals surface area contributed by atoms with E-state index in [9.17, 15) is 9.59 Å². The van der Waals surface area contributed by atoms with Crippen molar-refractivity contribution in [1.82, 2.24) is 19.8 Å². The number of nitrogens with one attached hydrogen (secondary N) is 1. The van der Waals surface area contributed by atoms with E-state index in [1.165, 1.54) is 24.5 Å². The Kier molecular flexibility index (Phi) is 4.96. The summed E-state index contributed by atoms with van der Waals surface area (Å²) in [6.45, 7) is 2.41. The normalized spacial score (nSPS) is 13.9. The molecule has 2 aromatic heterocycles. The molecular weight excluding hydrogens is 328 g/mol. The predicted molar refractivity (Wildman–Crippen MR) is 91.7 cm³/mol. The fourth-order valence-electron chi connectivity index (χ4n) is 2.89. The van der Waals surface area contributed by atoms with Crippen LogP contribution in [0.25, 0.3) is 0 Å². The van der Waals surface area contributed by atoms with Gasteiger partial charge in [-0.05, 0) is 0 Å². The molecular formula is C16H20N4O3S. The van der Waals surface area contributed by atoms with Crippen LogP contribution in [0.5, 0.6) is 5.75 Å². The minimum absolute atomic E-state index is 0.135. The smallest absolute Gasteiger partial charge is 0.259 e. The average Bonchev–Trinajstić information content (AvgIpc) is 2.95. The Morgan fingerprint density at radius 1 is 1.50 bits per heavy atom. The molecule has 1 amide bonds. The van der Waals surface area contributed by atoms with E-state index in [1.807, 2.05) is 5.38 Å². The predicted octanol–water partition coefficient (Wildman–Crippen LogP) is 0.731. The fraction of sp³-hybridized carbons (Fsp3) is 0.438. The van der Waals surface area contributed by atoms with E-state index in [1.54, 1.807) is 22.7 Å². The first-order valence-electron chi connectivity index (χ1n) is 7.77. The largest absolute Gasteiger partial charge is 0.496 e. The maximum Gasteiger partial charge on any atom is 0.259 e. The molecule has 0 bridgehead atoms. The number of hydrogen-bond acceptors (Lipinski definition) is 6. The molecule has 1 aliphatic heterocycles. The summed E-state index contributed by atoms with van der Waals surface area (Å²) >= 11 is 1.51. The summed E-state index contributed by atoms with van der Waals surface area (Å²) in [5, 5.41) is 6.01. The molecule has 24 heavy (non-hydrogen) atoms. The van der Waals surface area contributed by atoms with Crippen LogP contribution in [0.4, 0.5) is 0 Å². The van der Waals surface area contributed by atoms with E-state index in [0.29, 0.717) is 37.4 Å². The van der Waals surface area contributed by atoms with Crippen molar-refractivity contribution >= 4 is 17.2 Å². The van der Waals surface area contributed by atoms with Crippen molar-refractivity contribution in [3.8, 4) is 5.75 Å². The zero-order chi connectivity index (χ0) is 17.1. The molecule has 2 aromatic rings. The molecule has 0 aromatic carbocycles. The van der Waals surface area contributed by atoms with E-state index in [0.717, 1.165) is 17.2 Å². The van der Waals surface area contributed by atoms with E-state index in [2.05, 4.69) is 10.3 Å². The van der Waals surface area contributed by atoms with Crippen molar-refractivity contribution < 1.29 is 9.53 Å². The van der Waals surface area contributed by atoms with Crippen LogP contribution in [-0.2, 0) is 19.5 Å². The van der Waals surface area contributed by atoms with Crippen LogP contribution < -0.4 is 15.6 Å². The van der Waals surface area contributed by atoms with Crippen LogP contribution in [0.1, 0.15) is 21.1 Å². The lowest BCUT2D eigenvalue weighted by atomic mass is 10.1. The molecule has 0 saturated carbocycles. The maximum atomic E-state index is 13.0. The summed E-state index contributed by atoms with van der Waals surface area (Å²) < 4.78 is 7.02. The Hall–Kier alpha value is -2.19. The highest BCUT2D eigenvalue weighted by atomic mass is 32.1. The van der Waals surface area contributed by atoms with Crippen molar-refractivity contribution in [2.75, 3.05) is 27.2 Å². The molecule has 1 aliphatic rings. The van der Waals surface area contributed by atoms with Crippen molar-refractivity contribution in [2.45, 2.75) is 19.5 Å². The van der Waals surface area contributed by atoms with Crippen molar-refractivity contribution in [2.24, 2.45) is 0 Å². The Morgan fingerprint density at radius 2 is 2.33 bits per heavy atom. The molecule has 0 aliphatic carbocycles. The second-order valence-corrected chi connectivity index (χ2v) is 6.59. The highest BCUT2D eigenvalue weighted by Crippen LogP contribution is 2.24. The standard InChI is InChI=1S/C16H20N4O3S/c1-19(10-13-18-6-8-24-13)16(22)15-11-3-4-17-5-7-20(11)14(21)9-12(15)23-2/h6,8-9,17H,3-5,7,10H2,1-2H3. The Labute approximate surface area is 143 Å². The number of fused-ring (bicyclic) bond motifs is 1. The Bertz CT molecular complexity index is 785. The molecule has 3 heterocycles. The lowest BCUT2D eigenvalue weighted by Gasteiger charge is -2.21. The zero-order valence-electron chi connectivity index (χ0n) is 13.7. The number of carbonyl (C=O) groups excluding carboxylic acids is 1. The van der Waals surface area contributed by atoms with Gasteiger partial charge in [-0.15, -0.1) is 11.3 Å². The summed E-state index contributed by atoms with van der Waals surface area (Å²) in [6, 6.07) is 1.40. The highest BCUT2D eigenvalue weighted by Gasteiger charge is 2.25. The third-order valence-electron chi connectivity index (χ3n) is 4.07. The fourth-order valence-corrected chi connectivity index (χ4v) is 3.56. The van der Waals surface area contributed by atoms with Gasteiger partial charge in [-0.3, -0.25) is 9.59 Å². The lowest BCUT2D eigenvalue weighted by molar-refractivity contribution is 0.0779. The molecule has 0 fully saturated rings. The quantitative estimate of drug-likeness (QED) is 0.882. The summed E-state index contributed by atoms with van der Waals surface area (Å²) in [4.78, 5) is 31.2. The average molecular weight is 348 g/mol. The van der Waals surface area contributed by atoms with Gasteiger partial charge in [0.05, 0.1) is 13.7 Å².